The third-order valence-corrected chi connectivity index (χ3v) is 6.26. The average molecular weight is 392 g/mol. The van der Waals surface area contributed by atoms with Crippen LogP contribution in [0.15, 0.2) is 53.4 Å². The molecule has 1 N–H and O–H groups in total. The van der Waals surface area contributed by atoms with Gasteiger partial charge in [0.1, 0.15) is 11.1 Å². The molecule has 2 rings (SSSR count). The van der Waals surface area contributed by atoms with Crippen LogP contribution in [0, 0.1) is 5.82 Å². The highest BCUT2D eigenvalue weighted by Crippen LogP contribution is 2.19. The van der Waals surface area contributed by atoms with Gasteiger partial charge in [-0.15, -0.1) is 0 Å². The predicted molar refractivity (Wildman–Crippen MR) is 99.4 cm³/mol. The molecule has 0 bridgehead atoms. The minimum Gasteiger partial charge on any atom is -0.355 e. The molecule has 2 aromatic rings. The standard InChI is InChI=1S/C19H21FN2O4S/c1-13(27(25,26)17-10-8-16(20)9-11-17)19(24)22(3)12-14-4-6-15(7-5-14)18(23)21-2/h4-11,13H,12H2,1-3H3,(H,21,23). The van der Waals surface area contributed by atoms with Gasteiger partial charge in [-0.3, -0.25) is 9.59 Å². The molecule has 8 heteroatoms. The first-order chi connectivity index (χ1) is 12.7. The molecule has 0 aliphatic heterocycles. The van der Waals surface area contributed by atoms with E-state index in [0.29, 0.717) is 5.56 Å². The van der Waals surface area contributed by atoms with E-state index in [9.17, 15) is 22.4 Å². The van der Waals surface area contributed by atoms with Gasteiger partial charge in [-0.1, -0.05) is 12.1 Å². The van der Waals surface area contributed by atoms with Gasteiger partial charge in [-0.2, -0.15) is 0 Å². The molecule has 0 heterocycles. The maximum Gasteiger partial charge on any atom is 0.251 e. The van der Waals surface area contributed by atoms with Crippen molar-refractivity contribution in [2.75, 3.05) is 14.1 Å². The Hall–Kier alpha value is -2.74. The molecule has 0 saturated heterocycles. The van der Waals surface area contributed by atoms with Crippen molar-refractivity contribution in [1.29, 1.82) is 0 Å². The predicted octanol–water partition coefficient (Wildman–Crippen LogP) is 2.01. The first-order valence-electron chi connectivity index (χ1n) is 8.22. The number of nitrogens with one attached hydrogen (secondary N) is 1. The van der Waals surface area contributed by atoms with Crippen LogP contribution in [-0.2, 0) is 21.2 Å². The summed E-state index contributed by atoms with van der Waals surface area (Å²) in [5, 5.41) is 1.21. The summed E-state index contributed by atoms with van der Waals surface area (Å²) in [5.41, 5.74) is 1.24. The summed E-state index contributed by atoms with van der Waals surface area (Å²) >= 11 is 0. The number of hydrogen-bond acceptors (Lipinski definition) is 4. The van der Waals surface area contributed by atoms with E-state index in [1.54, 1.807) is 24.3 Å². The molecule has 1 unspecified atom stereocenters. The second kappa shape index (κ2) is 8.30. The molecule has 0 saturated carbocycles. The highest BCUT2D eigenvalue weighted by molar-refractivity contribution is 7.92. The van der Waals surface area contributed by atoms with Gasteiger partial charge in [0.25, 0.3) is 5.91 Å². The Kier molecular flexibility index (Phi) is 6.32. The second-order valence-corrected chi connectivity index (χ2v) is 8.38. The molecule has 0 aliphatic rings. The van der Waals surface area contributed by atoms with Crippen LogP contribution in [0.3, 0.4) is 0 Å². The highest BCUT2D eigenvalue weighted by atomic mass is 32.2. The number of rotatable bonds is 6. The Morgan fingerprint density at radius 2 is 1.63 bits per heavy atom. The third kappa shape index (κ3) is 4.71. The van der Waals surface area contributed by atoms with Gasteiger partial charge in [0.15, 0.2) is 9.84 Å². The van der Waals surface area contributed by atoms with Crippen LogP contribution in [0.2, 0.25) is 0 Å². The van der Waals surface area contributed by atoms with Crippen LogP contribution < -0.4 is 5.32 Å². The minimum absolute atomic E-state index is 0.104. The van der Waals surface area contributed by atoms with Crippen LogP contribution in [0.4, 0.5) is 4.39 Å². The summed E-state index contributed by atoms with van der Waals surface area (Å²) in [7, 11) is -0.885. The lowest BCUT2D eigenvalue weighted by molar-refractivity contribution is -0.129. The SMILES string of the molecule is CNC(=O)c1ccc(CN(C)C(=O)C(C)S(=O)(=O)c2ccc(F)cc2)cc1. The van der Waals surface area contributed by atoms with Gasteiger partial charge >= 0.3 is 0 Å². The van der Waals surface area contributed by atoms with E-state index in [1.165, 1.54) is 25.9 Å². The number of carbonyl (C=O) groups excluding carboxylic acids is 2. The zero-order chi connectivity index (χ0) is 20.2. The van der Waals surface area contributed by atoms with E-state index in [0.717, 1.165) is 29.8 Å². The van der Waals surface area contributed by atoms with E-state index in [4.69, 9.17) is 0 Å². The average Bonchev–Trinajstić information content (AvgIpc) is 2.67. The molecule has 0 fully saturated rings. The lowest BCUT2D eigenvalue weighted by atomic mass is 10.1. The first kappa shape index (κ1) is 20.6. The summed E-state index contributed by atoms with van der Waals surface area (Å²) in [5.74, 6) is -1.34. The quantitative estimate of drug-likeness (QED) is 0.763. The van der Waals surface area contributed by atoms with Crippen molar-refractivity contribution in [3.63, 3.8) is 0 Å². The molecule has 0 radical (unpaired) electrons. The molecule has 0 aliphatic carbocycles. The Labute approximate surface area is 157 Å². The van der Waals surface area contributed by atoms with Crippen LogP contribution in [0.1, 0.15) is 22.8 Å². The number of benzene rings is 2. The lowest BCUT2D eigenvalue weighted by Gasteiger charge is -2.22. The lowest BCUT2D eigenvalue weighted by Crippen LogP contribution is -2.39. The first-order valence-corrected chi connectivity index (χ1v) is 9.77. The third-order valence-electron chi connectivity index (χ3n) is 4.19. The smallest absolute Gasteiger partial charge is 0.251 e. The highest BCUT2D eigenvalue weighted by Gasteiger charge is 2.31. The number of amides is 2. The van der Waals surface area contributed by atoms with Gasteiger partial charge < -0.3 is 10.2 Å². The van der Waals surface area contributed by atoms with Crippen LogP contribution in [-0.4, -0.2) is 44.5 Å². The Morgan fingerprint density at radius 1 is 1.07 bits per heavy atom. The fourth-order valence-electron chi connectivity index (χ4n) is 2.53. The molecule has 27 heavy (non-hydrogen) atoms. The number of halogens is 1. The van der Waals surface area contributed by atoms with Crippen molar-refractivity contribution in [1.82, 2.24) is 10.2 Å². The van der Waals surface area contributed by atoms with Gasteiger partial charge in [-0.05, 0) is 48.9 Å². The fraction of sp³-hybridized carbons (Fsp3) is 0.263. The summed E-state index contributed by atoms with van der Waals surface area (Å²) in [6.07, 6.45) is 0. The number of hydrogen-bond donors (Lipinski definition) is 1. The molecule has 0 aromatic heterocycles. The largest absolute Gasteiger partial charge is 0.355 e. The van der Waals surface area contributed by atoms with Crippen LogP contribution in [0.5, 0.6) is 0 Å². The summed E-state index contributed by atoms with van der Waals surface area (Å²) < 4.78 is 38.2. The monoisotopic (exact) mass is 392 g/mol. The van der Waals surface area contributed by atoms with Crippen molar-refractivity contribution >= 4 is 21.7 Å². The molecular weight excluding hydrogens is 371 g/mol. The van der Waals surface area contributed by atoms with E-state index in [2.05, 4.69) is 5.32 Å². The van der Waals surface area contributed by atoms with E-state index in [-0.39, 0.29) is 17.3 Å². The number of carbonyl (C=O) groups is 2. The van der Waals surface area contributed by atoms with Crippen molar-refractivity contribution in [3.05, 3.63) is 65.5 Å². The van der Waals surface area contributed by atoms with Crippen molar-refractivity contribution in [2.45, 2.75) is 23.6 Å². The molecule has 144 valence electrons. The molecule has 6 nitrogen and oxygen atoms in total. The maximum absolute atomic E-state index is 13.0. The number of nitrogens with zero attached hydrogens (tertiary/aromatic N) is 1. The topological polar surface area (TPSA) is 83.6 Å². The minimum atomic E-state index is -3.92. The molecular formula is C19H21FN2O4S. The summed E-state index contributed by atoms with van der Waals surface area (Å²) in [6, 6.07) is 11.0. The summed E-state index contributed by atoms with van der Waals surface area (Å²) in [4.78, 5) is 25.3. The Balaban J connectivity index is 2.11. The zero-order valence-corrected chi connectivity index (χ0v) is 16.1. The summed E-state index contributed by atoms with van der Waals surface area (Å²) in [6.45, 7) is 1.50. The fourth-order valence-corrected chi connectivity index (χ4v) is 3.90. The van der Waals surface area contributed by atoms with Gasteiger partial charge in [0.2, 0.25) is 5.91 Å². The van der Waals surface area contributed by atoms with Crippen LogP contribution in [0.25, 0.3) is 0 Å². The van der Waals surface area contributed by atoms with E-state index in [1.807, 2.05) is 0 Å². The van der Waals surface area contributed by atoms with E-state index >= 15 is 0 Å². The Morgan fingerprint density at radius 3 is 2.15 bits per heavy atom. The second-order valence-electron chi connectivity index (χ2n) is 6.11. The van der Waals surface area contributed by atoms with Crippen molar-refractivity contribution in [2.24, 2.45) is 0 Å². The van der Waals surface area contributed by atoms with Gasteiger partial charge in [0.05, 0.1) is 4.90 Å². The van der Waals surface area contributed by atoms with Crippen LogP contribution >= 0.6 is 0 Å². The molecule has 2 aromatic carbocycles. The molecule has 0 spiro atoms. The molecule has 2 amide bonds. The van der Waals surface area contributed by atoms with E-state index < -0.39 is 26.8 Å². The van der Waals surface area contributed by atoms with Gasteiger partial charge in [0, 0.05) is 26.2 Å². The molecule has 1 atom stereocenters. The van der Waals surface area contributed by atoms with Crippen molar-refractivity contribution in [3.8, 4) is 0 Å². The Bertz CT molecular complexity index is 925. The van der Waals surface area contributed by atoms with Gasteiger partial charge in [-0.25, -0.2) is 12.8 Å². The number of sulfone groups is 1. The maximum atomic E-state index is 13.0. The zero-order valence-electron chi connectivity index (χ0n) is 15.3. The van der Waals surface area contributed by atoms with Crippen molar-refractivity contribution < 1.29 is 22.4 Å². The normalized spacial score (nSPS) is 12.3.